The number of anilines is 1. The van der Waals surface area contributed by atoms with Gasteiger partial charge in [-0.2, -0.15) is 0 Å². The van der Waals surface area contributed by atoms with Crippen LogP contribution in [-0.2, 0) is 24.9 Å². The van der Waals surface area contributed by atoms with E-state index in [9.17, 15) is 0 Å². The minimum Gasteiger partial charge on any atom is -0.378 e. The molecule has 160 valence electrons. The summed E-state index contributed by atoms with van der Waals surface area (Å²) in [5, 5.41) is 3.40. The predicted octanol–water partition coefficient (Wildman–Crippen LogP) is 3.84. The summed E-state index contributed by atoms with van der Waals surface area (Å²) in [6, 6.07) is 10.9. The number of nitrogens with one attached hydrogen (secondary N) is 1. The van der Waals surface area contributed by atoms with E-state index in [1.165, 1.54) is 16.9 Å². The zero-order valence-electron chi connectivity index (χ0n) is 17.4. The zero-order chi connectivity index (χ0) is 19.9. The maximum atomic E-state index is 5.43. The molecule has 0 aliphatic carbocycles. The van der Waals surface area contributed by atoms with E-state index in [1.807, 2.05) is 0 Å². The van der Waals surface area contributed by atoms with Crippen LogP contribution < -0.4 is 10.2 Å². The van der Waals surface area contributed by atoms with Gasteiger partial charge in [0, 0.05) is 55.8 Å². The third-order valence-electron chi connectivity index (χ3n) is 4.89. The molecule has 1 N–H and O–H groups in total. The largest absolute Gasteiger partial charge is 0.378 e. The summed E-state index contributed by atoms with van der Waals surface area (Å²) in [5.41, 5.74) is 3.70. The SMILES string of the molecule is CCNC(=NCc1ccc(N2CCOCC2)cc1)N(C)Cc1cc(Br)cn1C.I. The van der Waals surface area contributed by atoms with Crippen molar-refractivity contribution in [2.75, 3.05) is 44.8 Å². The molecule has 0 saturated carbocycles. The number of ether oxygens (including phenoxy) is 1. The van der Waals surface area contributed by atoms with E-state index in [4.69, 9.17) is 9.73 Å². The number of hydrogen-bond donors (Lipinski definition) is 1. The molecule has 1 saturated heterocycles. The second kappa shape index (κ2) is 11.8. The van der Waals surface area contributed by atoms with Crippen LogP contribution in [0.25, 0.3) is 0 Å². The number of benzene rings is 1. The summed E-state index contributed by atoms with van der Waals surface area (Å²) in [6.45, 7) is 7.93. The van der Waals surface area contributed by atoms with Crippen molar-refractivity contribution in [1.82, 2.24) is 14.8 Å². The van der Waals surface area contributed by atoms with Crippen LogP contribution in [0.2, 0.25) is 0 Å². The Labute approximate surface area is 199 Å². The number of hydrogen-bond acceptors (Lipinski definition) is 3. The third-order valence-corrected chi connectivity index (χ3v) is 5.33. The van der Waals surface area contributed by atoms with Gasteiger partial charge in [-0.1, -0.05) is 12.1 Å². The van der Waals surface area contributed by atoms with Crippen LogP contribution in [0.5, 0.6) is 0 Å². The first-order valence-electron chi connectivity index (χ1n) is 9.78. The average Bonchev–Trinajstić information content (AvgIpc) is 3.03. The lowest BCUT2D eigenvalue weighted by Gasteiger charge is -2.28. The Kier molecular flexibility index (Phi) is 9.78. The Hall–Kier alpha value is -1.26. The molecular weight excluding hydrogens is 545 g/mol. The lowest BCUT2D eigenvalue weighted by Crippen LogP contribution is -2.38. The molecule has 0 radical (unpaired) electrons. The van der Waals surface area contributed by atoms with Crippen molar-refractivity contribution in [3.63, 3.8) is 0 Å². The first-order valence-corrected chi connectivity index (χ1v) is 10.6. The third kappa shape index (κ3) is 6.89. The summed E-state index contributed by atoms with van der Waals surface area (Å²) >= 11 is 3.54. The highest BCUT2D eigenvalue weighted by molar-refractivity contribution is 14.0. The average molecular weight is 576 g/mol. The number of guanidine groups is 1. The van der Waals surface area contributed by atoms with Gasteiger partial charge in [-0.05, 0) is 46.6 Å². The second-order valence-electron chi connectivity index (χ2n) is 7.05. The lowest BCUT2D eigenvalue weighted by molar-refractivity contribution is 0.122. The fraction of sp³-hybridized carbons (Fsp3) is 0.476. The van der Waals surface area contributed by atoms with Crippen LogP contribution in [0.15, 0.2) is 46.0 Å². The normalized spacial score (nSPS) is 14.5. The van der Waals surface area contributed by atoms with Crippen molar-refractivity contribution in [3.8, 4) is 0 Å². The van der Waals surface area contributed by atoms with Gasteiger partial charge in [0.2, 0.25) is 0 Å². The van der Waals surface area contributed by atoms with Crippen LogP contribution in [0.3, 0.4) is 0 Å². The highest BCUT2D eigenvalue weighted by atomic mass is 127. The number of aliphatic imine (C=N–C) groups is 1. The highest BCUT2D eigenvalue weighted by Crippen LogP contribution is 2.18. The van der Waals surface area contributed by atoms with Crippen molar-refractivity contribution in [2.45, 2.75) is 20.0 Å². The summed E-state index contributed by atoms with van der Waals surface area (Å²) < 4.78 is 8.66. The monoisotopic (exact) mass is 575 g/mol. The molecule has 0 bridgehead atoms. The molecule has 2 heterocycles. The van der Waals surface area contributed by atoms with Gasteiger partial charge < -0.3 is 24.4 Å². The van der Waals surface area contributed by atoms with Crippen molar-refractivity contribution >= 4 is 51.6 Å². The number of nitrogens with zero attached hydrogens (tertiary/aromatic N) is 4. The molecule has 1 aromatic carbocycles. The molecule has 3 rings (SSSR count). The Morgan fingerprint density at radius 3 is 2.52 bits per heavy atom. The fourth-order valence-corrected chi connectivity index (χ4v) is 3.88. The Morgan fingerprint density at radius 2 is 1.93 bits per heavy atom. The summed E-state index contributed by atoms with van der Waals surface area (Å²) in [6.07, 6.45) is 2.07. The molecule has 0 spiro atoms. The van der Waals surface area contributed by atoms with E-state index < -0.39 is 0 Å². The van der Waals surface area contributed by atoms with Gasteiger partial charge in [0.1, 0.15) is 0 Å². The molecule has 1 aliphatic rings. The number of aromatic nitrogens is 1. The number of rotatable bonds is 6. The Bertz CT molecular complexity index is 787. The summed E-state index contributed by atoms with van der Waals surface area (Å²) in [7, 11) is 4.14. The van der Waals surface area contributed by atoms with Crippen LogP contribution in [0, 0.1) is 0 Å². The topological polar surface area (TPSA) is 45.0 Å². The van der Waals surface area contributed by atoms with Crippen LogP contribution in [-0.4, -0.2) is 55.3 Å². The van der Waals surface area contributed by atoms with E-state index in [0.717, 1.165) is 49.8 Å². The molecular formula is C21H31BrIN5O. The summed E-state index contributed by atoms with van der Waals surface area (Å²) in [4.78, 5) is 9.36. The molecule has 1 aliphatic heterocycles. The highest BCUT2D eigenvalue weighted by Gasteiger charge is 2.12. The van der Waals surface area contributed by atoms with Gasteiger partial charge in [-0.15, -0.1) is 24.0 Å². The Balaban J connectivity index is 0.00000300. The molecule has 6 nitrogen and oxygen atoms in total. The fourth-order valence-electron chi connectivity index (χ4n) is 3.31. The maximum Gasteiger partial charge on any atom is 0.194 e. The molecule has 0 unspecified atom stereocenters. The molecule has 1 fully saturated rings. The molecule has 0 atom stereocenters. The molecule has 8 heteroatoms. The van der Waals surface area contributed by atoms with Gasteiger partial charge in [0.25, 0.3) is 0 Å². The van der Waals surface area contributed by atoms with Gasteiger partial charge >= 0.3 is 0 Å². The standard InChI is InChI=1S/C21H30BrN5O.HI/c1-4-23-21(26(3)16-20-13-18(22)15-25(20)2)24-14-17-5-7-19(8-6-17)27-9-11-28-12-10-27;/h5-8,13,15H,4,9-12,14,16H2,1-3H3,(H,23,24);1H. The molecule has 2 aromatic rings. The van der Waals surface area contributed by atoms with E-state index in [1.54, 1.807) is 0 Å². The van der Waals surface area contributed by atoms with E-state index in [2.05, 4.69) is 93.2 Å². The first kappa shape index (κ1) is 24.0. The van der Waals surface area contributed by atoms with Gasteiger partial charge in [-0.25, -0.2) is 4.99 Å². The van der Waals surface area contributed by atoms with Crippen molar-refractivity contribution < 1.29 is 4.74 Å². The van der Waals surface area contributed by atoms with Crippen LogP contribution >= 0.6 is 39.9 Å². The molecule has 0 amide bonds. The zero-order valence-corrected chi connectivity index (χ0v) is 21.3. The first-order chi connectivity index (χ1) is 13.6. The minimum absolute atomic E-state index is 0. The number of morpholine rings is 1. The van der Waals surface area contributed by atoms with E-state index in [0.29, 0.717) is 6.54 Å². The van der Waals surface area contributed by atoms with Crippen molar-refractivity contribution in [2.24, 2.45) is 12.0 Å². The number of halogens is 2. The predicted molar refractivity (Wildman–Crippen MR) is 134 cm³/mol. The quantitative estimate of drug-likeness (QED) is 0.323. The Morgan fingerprint density at radius 1 is 1.24 bits per heavy atom. The number of aryl methyl sites for hydroxylation is 1. The molecule has 29 heavy (non-hydrogen) atoms. The van der Waals surface area contributed by atoms with Crippen LogP contribution in [0.1, 0.15) is 18.2 Å². The summed E-state index contributed by atoms with van der Waals surface area (Å²) in [5.74, 6) is 0.914. The van der Waals surface area contributed by atoms with E-state index >= 15 is 0 Å². The molecule has 1 aromatic heterocycles. The maximum absolute atomic E-state index is 5.43. The van der Waals surface area contributed by atoms with Gasteiger partial charge in [0.15, 0.2) is 5.96 Å². The van der Waals surface area contributed by atoms with Gasteiger partial charge in [0.05, 0.1) is 26.3 Å². The smallest absolute Gasteiger partial charge is 0.194 e. The minimum atomic E-state index is 0. The lowest BCUT2D eigenvalue weighted by atomic mass is 10.2. The van der Waals surface area contributed by atoms with Crippen molar-refractivity contribution in [1.29, 1.82) is 0 Å². The van der Waals surface area contributed by atoms with Crippen LogP contribution in [0.4, 0.5) is 5.69 Å². The van der Waals surface area contributed by atoms with Gasteiger partial charge in [-0.3, -0.25) is 0 Å². The van der Waals surface area contributed by atoms with Crippen molar-refractivity contribution in [3.05, 3.63) is 52.3 Å². The van der Waals surface area contributed by atoms with E-state index in [-0.39, 0.29) is 24.0 Å². The second-order valence-corrected chi connectivity index (χ2v) is 7.97.